The summed E-state index contributed by atoms with van der Waals surface area (Å²) in [5, 5.41) is 4.45. The van der Waals surface area contributed by atoms with E-state index in [1.54, 1.807) is 0 Å². The van der Waals surface area contributed by atoms with Gasteiger partial charge < -0.3 is 15.0 Å². The van der Waals surface area contributed by atoms with E-state index in [-0.39, 0.29) is 18.4 Å². The van der Waals surface area contributed by atoms with E-state index in [2.05, 4.69) is 10.3 Å². The van der Waals surface area contributed by atoms with E-state index in [0.29, 0.717) is 17.5 Å². The number of esters is 1. The summed E-state index contributed by atoms with van der Waals surface area (Å²) in [5.74, 6) is 1.12. The Morgan fingerprint density at radius 1 is 1.55 bits per heavy atom. The van der Waals surface area contributed by atoms with Gasteiger partial charge in [0.2, 0.25) is 0 Å². The predicted octanol–water partition coefficient (Wildman–Crippen LogP) is 3.57. The number of hydrogen-bond acceptors (Lipinski definition) is 3. The van der Waals surface area contributed by atoms with E-state index in [1.165, 1.54) is 12.5 Å². The molecule has 0 saturated carbocycles. The van der Waals surface area contributed by atoms with Crippen LogP contribution in [0.25, 0.3) is 10.9 Å². The Kier molecular flexibility index (Phi) is 4.16. The van der Waals surface area contributed by atoms with Gasteiger partial charge in [0.05, 0.1) is 5.52 Å². The van der Waals surface area contributed by atoms with Gasteiger partial charge in [-0.3, -0.25) is 4.79 Å². The molecule has 0 spiro atoms. The van der Waals surface area contributed by atoms with Crippen molar-refractivity contribution in [1.29, 1.82) is 0 Å². The number of H-pyrrole nitrogens is 1. The zero-order valence-electron chi connectivity index (χ0n) is 11.2. The molecule has 0 aliphatic carbocycles. The van der Waals surface area contributed by atoms with Crippen LogP contribution in [0.2, 0.25) is 0 Å². The van der Waals surface area contributed by atoms with Crippen molar-refractivity contribution in [1.82, 2.24) is 4.98 Å². The predicted molar refractivity (Wildman–Crippen MR) is 83.5 cm³/mol. The molecule has 108 valence electrons. The largest absolute Gasteiger partial charge is 0.424 e. The topological polar surface area (TPSA) is 54.1 Å². The van der Waals surface area contributed by atoms with Crippen LogP contribution in [0, 0.1) is 6.92 Å². The fourth-order valence-corrected chi connectivity index (χ4v) is 3.01. The highest BCUT2D eigenvalue weighted by Gasteiger charge is 2.27. The van der Waals surface area contributed by atoms with Crippen molar-refractivity contribution in [2.45, 2.75) is 19.8 Å². The zero-order valence-corrected chi connectivity index (χ0v) is 12.8. The highest BCUT2D eigenvalue weighted by molar-refractivity contribution is 6.18. The summed E-state index contributed by atoms with van der Waals surface area (Å²) in [6.45, 7) is 4.27. The molecule has 6 heteroatoms. The molecule has 1 atom stereocenters. The minimum absolute atomic E-state index is 0. The standard InChI is InChI=1S/C14H15ClN2O2.ClH/c1-7-5-17-14-11(19-8(2)18)3-10-13(12(7)14)9(4-15)6-16-10;/h3,5,9,16-17H,4,6H2,1-2H3;1H/t9-;/m1./s1. The van der Waals surface area contributed by atoms with Crippen LogP contribution >= 0.6 is 24.0 Å². The molecule has 0 radical (unpaired) electrons. The second-order valence-electron chi connectivity index (χ2n) is 4.88. The Hall–Kier alpha value is -1.39. The summed E-state index contributed by atoms with van der Waals surface area (Å²) >= 11 is 6.04. The number of benzene rings is 1. The first-order chi connectivity index (χ1) is 9.11. The van der Waals surface area contributed by atoms with E-state index in [4.69, 9.17) is 16.3 Å². The lowest BCUT2D eigenvalue weighted by Crippen LogP contribution is -2.03. The normalized spacial score (nSPS) is 16.4. The number of aromatic amines is 1. The molecule has 1 aromatic heterocycles. The summed E-state index contributed by atoms with van der Waals surface area (Å²) in [7, 11) is 0. The molecule has 4 nitrogen and oxygen atoms in total. The second-order valence-corrected chi connectivity index (χ2v) is 5.19. The van der Waals surface area contributed by atoms with Crippen LogP contribution in [0.5, 0.6) is 5.75 Å². The van der Waals surface area contributed by atoms with Gasteiger partial charge in [0.15, 0.2) is 5.75 Å². The Morgan fingerprint density at radius 2 is 2.30 bits per heavy atom. The number of carbonyl (C=O) groups is 1. The molecular formula is C14H16Cl2N2O2. The van der Waals surface area contributed by atoms with Crippen LogP contribution < -0.4 is 10.1 Å². The van der Waals surface area contributed by atoms with E-state index in [9.17, 15) is 4.79 Å². The Bertz CT molecular complexity index is 667. The van der Waals surface area contributed by atoms with Gasteiger partial charge in [-0.1, -0.05) is 0 Å². The first kappa shape index (κ1) is 15.0. The van der Waals surface area contributed by atoms with Gasteiger partial charge >= 0.3 is 5.97 Å². The van der Waals surface area contributed by atoms with Gasteiger partial charge in [0, 0.05) is 48.6 Å². The summed E-state index contributed by atoms with van der Waals surface area (Å²) in [5.41, 5.74) is 4.24. The molecule has 2 heterocycles. The van der Waals surface area contributed by atoms with E-state index in [1.807, 2.05) is 19.2 Å². The molecule has 3 rings (SSSR count). The van der Waals surface area contributed by atoms with Crippen molar-refractivity contribution in [2.75, 3.05) is 17.7 Å². The molecule has 1 aromatic carbocycles. The number of anilines is 1. The van der Waals surface area contributed by atoms with Gasteiger partial charge in [0.25, 0.3) is 0 Å². The summed E-state index contributed by atoms with van der Waals surface area (Å²) in [4.78, 5) is 14.4. The van der Waals surface area contributed by atoms with Crippen LogP contribution in [0.4, 0.5) is 5.69 Å². The molecule has 20 heavy (non-hydrogen) atoms. The minimum Gasteiger partial charge on any atom is -0.424 e. The van der Waals surface area contributed by atoms with Gasteiger partial charge in [-0.25, -0.2) is 0 Å². The molecule has 0 bridgehead atoms. The van der Waals surface area contributed by atoms with Gasteiger partial charge in [0.1, 0.15) is 0 Å². The average Bonchev–Trinajstić information content (AvgIpc) is 2.92. The number of halogens is 2. The number of nitrogens with one attached hydrogen (secondary N) is 2. The van der Waals surface area contributed by atoms with E-state index in [0.717, 1.165) is 28.7 Å². The minimum atomic E-state index is -0.319. The molecule has 2 N–H and O–H groups in total. The Morgan fingerprint density at radius 3 is 2.95 bits per heavy atom. The molecule has 1 aliphatic heterocycles. The number of aromatic nitrogens is 1. The van der Waals surface area contributed by atoms with Crippen molar-refractivity contribution >= 4 is 46.6 Å². The maximum Gasteiger partial charge on any atom is 0.308 e. The molecule has 0 amide bonds. The lowest BCUT2D eigenvalue weighted by atomic mass is 9.97. The first-order valence-electron chi connectivity index (χ1n) is 6.24. The van der Waals surface area contributed by atoms with Crippen molar-refractivity contribution in [3.05, 3.63) is 23.4 Å². The number of ether oxygens (including phenoxy) is 1. The number of alkyl halides is 1. The number of hydrogen-bond donors (Lipinski definition) is 2. The molecule has 2 aromatic rings. The Balaban J connectivity index is 0.00000147. The monoisotopic (exact) mass is 314 g/mol. The maximum atomic E-state index is 11.2. The number of fused-ring (bicyclic) bond motifs is 3. The van der Waals surface area contributed by atoms with Crippen LogP contribution in [-0.4, -0.2) is 23.4 Å². The van der Waals surface area contributed by atoms with Crippen LogP contribution in [0.3, 0.4) is 0 Å². The fraction of sp³-hybridized carbons (Fsp3) is 0.357. The molecule has 1 aliphatic rings. The van der Waals surface area contributed by atoms with Gasteiger partial charge in [-0.15, -0.1) is 24.0 Å². The zero-order chi connectivity index (χ0) is 13.6. The van der Waals surface area contributed by atoms with Crippen molar-refractivity contribution in [2.24, 2.45) is 0 Å². The highest BCUT2D eigenvalue weighted by Crippen LogP contribution is 2.43. The summed E-state index contributed by atoms with van der Waals surface area (Å²) < 4.78 is 5.29. The van der Waals surface area contributed by atoms with Crippen molar-refractivity contribution < 1.29 is 9.53 Å². The van der Waals surface area contributed by atoms with Crippen molar-refractivity contribution in [3.8, 4) is 5.75 Å². The van der Waals surface area contributed by atoms with Crippen LogP contribution in [0.1, 0.15) is 24.0 Å². The third-order valence-electron chi connectivity index (χ3n) is 3.55. The quantitative estimate of drug-likeness (QED) is 0.506. The molecule has 0 fully saturated rings. The first-order valence-corrected chi connectivity index (χ1v) is 6.78. The third kappa shape index (κ3) is 2.23. The fourth-order valence-electron chi connectivity index (χ4n) is 2.75. The van der Waals surface area contributed by atoms with Gasteiger partial charge in [-0.2, -0.15) is 0 Å². The van der Waals surface area contributed by atoms with Crippen molar-refractivity contribution in [3.63, 3.8) is 0 Å². The number of rotatable bonds is 2. The molecule has 0 saturated heterocycles. The number of carbonyl (C=O) groups excluding carboxylic acids is 1. The average molecular weight is 315 g/mol. The Labute approximate surface area is 128 Å². The van der Waals surface area contributed by atoms with E-state index >= 15 is 0 Å². The van der Waals surface area contributed by atoms with Crippen LogP contribution in [-0.2, 0) is 4.79 Å². The van der Waals surface area contributed by atoms with Crippen LogP contribution in [0.15, 0.2) is 12.3 Å². The van der Waals surface area contributed by atoms with Gasteiger partial charge in [-0.05, 0) is 18.1 Å². The SMILES string of the molecule is CC(=O)Oc1cc2c(c3c(C)c[nH]c13)[C@H](CCl)CN2.Cl. The molecular weight excluding hydrogens is 299 g/mol. The second kappa shape index (κ2) is 5.54. The molecule has 0 unspecified atom stereocenters. The maximum absolute atomic E-state index is 11.2. The third-order valence-corrected chi connectivity index (χ3v) is 3.92. The van der Waals surface area contributed by atoms with E-state index < -0.39 is 0 Å². The number of aryl methyl sites for hydroxylation is 1. The smallest absolute Gasteiger partial charge is 0.308 e. The summed E-state index contributed by atoms with van der Waals surface area (Å²) in [6.07, 6.45) is 1.93. The lowest BCUT2D eigenvalue weighted by Gasteiger charge is -2.11. The summed E-state index contributed by atoms with van der Waals surface area (Å²) in [6, 6.07) is 1.88. The highest BCUT2D eigenvalue weighted by atomic mass is 35.5. The lowest BCUT2D eigenvalue weighted by molar-refractivity contribution is -0.131.